The molecule has 4 heteroatoms. The minimum Gasteiger partial charge on any atom is -0.383 e. The standard InChI is InChI=1S/C16H18BrN3/c1-8-6-9(2)12(10(3)7-8)16-19-14(11-4-5-11)13(17)15(18)20-16/h6-7,11H,4-5H2,1-3H3,(H2,18,19,20). The number of aromatic nitrogens is 2. The van der Waals surface area contributed by atoms with E-state index in [2.05, 4.69) is 53.8 Å². The molecule has 2 aromatic rings. The first kappa shape index (κ1) is 13.6. The molecule has 0 amide bonds. The molecule has 3 rings (SSSR count). The van der Waals surface area contributed by atoms with Gasteiger partial charge in [0.15, 0.2) is 5.82 Å². The number of rotatable bonds is 2. The van der Waals surface area contributed by atoms with Crippen LogP contribution in [-0.4, -0.2) is 9.97 Å². The SMILES string of the molecule is Cc1cc(C)c(-c2nc(N)c(Br)c(C3CC3)n2)c(C)c1. The second-order valence-corrected chi connectivity index (χ2v) is 6.47. The van der Waals surface area contributed by atoms with Gasteiger partial charge in [-0.25, -0.2) is 9.97 Å². The van der Waals surface area contributed by atoms with Crippen LogP contribution in [0.2, 0.25) is 0 Å². The molecule has 0 radical (unpaired) electrons. The topological polar surface area (TPSA) is 51.8 Å². The molecule has 1 aromatic carbocycles. The summed E-state index contributed by atoms with van der Waals surface area (Å²) < 4.78 is 0.867. The first-order valence-electron chi connectivity index (χ1n) is 6.88. The normalized spacial score (nSPS) is 14.6. The first-order valence-corrected chi connectivity index (χ1v) is 7.67. The summed E-state index contributed by atoms with van der Waals surface area (Å²) in [6, 6.07) is 4.33. The molecule has 1 aliphatic carbocycles. The van der Waals surface area contributed by atoms with Crippen LogP contribution in [0.3, 0.4) is 0 Å². The largest absolute Gasteiger partial charge is 0.383 e. The molecular formula is C16H18BrN3. The van der Waals surface area contributed by atoms with Gasteiger partial charge in [0.1, 0.15) is 5.82 Å². The highest BCUT2D eigenvalue weighted by Gasteiger charge is 2.29. The minimum atomic E-state index is 0.538. The van der Waals surface area contributed by atoms with Gasteiger partial charge in [-0.2, -0.15) is 0 Å². The zero-order valence-corrected chi connectivity index (χ0v) is 13.6. The summed E-state index contributed by atoms with van der Waals surface area (Å²) >= 11 is 3.53. The Labute approximate surface area is 127 Å². The number of halogens is 1. The molecule has 0 atom stereocenters. The van der Waals surface area contributed by atoms with Crippen molar-refractivity contribution < 1.29 is 0 Å². The van der Waals surface area contributed by atoms with E-state index in [0.717, 1.165) is 21.6 Å². The maximum absolute atomic E-state index is 6.06. The highest BCUT2D eigenvalue weighted by molar-refractivity contribution is 9.10. The van der Waals surface area contributed by atoms with E-state index in [1.165, 1.54) is 29.5 Å². The Hall–Kier alpha value is -1.42. The van der Waals surface area contributed by atoms with E-state index in [0.29, 0.717) is 11.7 Å². The van der Waals surface area contributed by atoms with Crippen LogP contribution in [0.4, 0.5) is 5.82 Å². The molecular weight excluding hydrogens is 314 g/mol. The third kappa shape index (κ3) is 2.33. The number of benzene rings is 1. The molecule has 3 nitrogen and oxygen atoms in total. The summed E-state index contributed by atoms with van der Waals surface area (Å²) in [5, 5.41) is 0. The number of nitrogens with two attached hydrogens (primary N) is 1. The van der Waals surface area contributed by atoms with Crippen LogP contribution in [0, 0.1) is 20.8 Å². The van der Waals surface area contributed by atoms with Crippen molar-refractivity contribution in [2.45, 2.75) is 39.5 Å². The van der Waals surface area contributed by atoms with Crippen molar-refractivity contribution in [2.24, 2.45) is 0 Å². The van der Waals surface area contributed by atoms with E-state index < -0.39 is 0 Å². The fourth-order valence-electron chi connectivity index (χ4n) is 2.75. The maximum Gasteiger partial charge on any atom is 0.162 e. The summed E-state index contributed by atoms with van der Waals surface area (Å²) in [5.74, 6) is 1.83. The second kappa shape index (κ2) is 4.85. The fraction of sp³-hybridized carbons (Fsp3) is 0.375. The lowest BCUT2D eigenvalue weighted by molar-refractivity contribution is 0.981. The van der Waals surface area contributed by atoms with Gasteiger partial charge < -0.3 is 5.73 Å². The summed E-state index contributed by atoms with van der Waals surface area (Å²) in [5.41, 5.74) is 11.9. The Morgan fingerprint density at radius 3 is 2.25 bits per heavy atom. The van der Waals surface area contributed by atoms with Crippen LogP contribution in [0.25, 0.3) is 11.4 Å². The van der Waals surface area contributed by atoms with Gasteiger partial charge in [0.05, 0.1) is 10.2 Å². The Morgan fingerprint density at radius 2 is 1.70 bits per heavy atom. The predicted molar refractivity (Wildman–Crippen MR) is 85.8 cm³/mol. The fourth-order valence-corrected chi connectivity index (χ4v) is 3.26. The third-order valence-electron chi connectivity index (χ3n) is 3.77. The molecule has 2 N–H and O–H groups in total. The van der Waals surface area contributed by atoms with Gasteiger partial charge >= 0.3 is 0 Å². The molecule has 0 unspecified atom stereocenters. The van der Waals surface area contributed by atoms with Crippen molar-refractivity contribution >= 4 is 21.7 Å². The van der Waals surface area contributed by atoms with Crippen molar-refractivity contribution in [3.63, 3.8) is 0 Å². The van der Waals surface area contributed by atoms with Gasteiger partial charge in [-0.1, -0.05) is 17.7 Å². The van der Waals surface area contributed by atoms with Crippen LogP contribution in [0.15, 0.2) is 16.6 Å². The average molecular weight is 332 g/mol. The summed E-state index contributed by atoms with van der Waals surface area (Å²) in [6.45, 7) is 6.32. The molecule has 104 valence electrons. The van der Waals surface area contributed by atoms with Crippen LogP contribution >= 0.6 is 15.9 Å². The molecule has 1 fully saturated rings. The molecule has 1 saturated carbocycles. The zero-order valence-electron chi connectivity index (χ0n) is 12.0. The van der Waals surface area contributed by atoms with Crippen molar-refractivity contribution in [3.05, 3.63) is 39.0 Å². The van der Waals surface area contributed by atoms with Crippen molar-refractivity contribution in [3.8, 4) is 11.4 Å². The number of nitrogens with zero attached hydrogens (tertiary/aromatic N) is 2. The lowest BCUT2D eigenvalue weighted by Gasteiger charge is -2.13. The van der Waals surface area contributed by atoms with E-state index in [1.54, 1.807) is 0 Å². The average Bonchev–Trinajstić information content (AvgIpc) is 3.16. The zero-order chi connectivity index (χ0) is 14.4. The lowest BCUT2D eigenvalue weighted by Crippen LogP contribution is -2.04. The van der Waals surface area contributed by atoms with Gasteiger partial charge in [0.25, 0.3) is 0 Å². The van der Waals surface area contributed by atoms with Crippen molar-refractivity contribution in [2.75, 3.05) is 5.73 Å². The monoisotopic (exact) mass is 331 g/mol. The molecule has 0 aliphatic heterocycles. The van der Waals surface area contributed by atoms with Crippen LogP contribution in [-0.2, 0) is 0 Å². The van der Waals surface area contributed by atoms with Crippen LogP contribution in [0.5, 0.6) is 0 Å². The molecule has 0 saturated heterocycles. The van der Waals surface area contributed by atoms with E-state index in [1.807, 2.05) is 0 Å². The Bertz CT molecular complexity index is 667. The Morgan fingerprint density at radius 1 is 1.10 bits per heavy atom. The van der Waals surface area contributed by atoms with E-state index >= 15 is 0 Å². The summed E-state index contributed by atoms with van der Waals surface area (Å²) in [6.07, 6.45) is 2.39. The van der Waals surface area contributed by atoms with Crippen LogP contribution < -0.4 is 5.73 Å². The van der Waals surface area contributed by atoms with E-state index in [-0.39, 0.29) is 0 Å². The molecule has 1 heterocycles. The highest BCUT2D eigenvalue weighted by atomic mass is 79.9. The quantitative estimate of drug-likeness (QED) is 0.892. The number of hydrogen-bond donors (Lipinski definition) is 1. The number of aryl methyl sites for hydroxylation is 3. The predicted octanol–water partition coefficient (Wildman–Crippen LogP) is 4.29. The number of nitrogen functional groups attached to an aromatic ring is 1. The number of anilines is 1. The lowest BCUT2D eigenvalue weighted by atomic mass is 9.99. The molecule has 0 bridgehead atoms. The van der Waals surface area contributed by atoms with Gasteiger partial charge in [0, 0.05) is 11.5 Å². The number of hydrogen-bond acceptors (Lipinski definition) is 3. The summed E-state index contributed by atoms with van der Waals surface area (Å²) in [4.78, 5) is 9.26. The van der Waals surface area contributed by atoms with Crippen LogP contribution in [0.1, 0.15) is 41.1 Å². The van der Waals surface area contributed by atoms with Gasteiger partial charge in [0.2, 0.25) is 0 Å². The van der Waals surface area contributed by atoms with E-state index in [4.69, 9.17) is 10.7 Å². The van der Waals surface area contributed by atoms with Gasteiger partial charge in [-0.05, 0) is 60.7 Å². The Balaban J connectivity index is 2.20. The molecule has 1 aromatic heterocycles. The van der Waals surface area contributed by atoms with E-state index in [9.17, 15) is 0 Å². The van der Waals surface area contributed by atoms with Gasteiger partial charge in [-0.15, -0.1) is 0 Å². The third-order valence-corrected chi connectivity index (χ3v) is 4.58. The maximum atomic E-state index is 6.06. The minimum absolute atomic E-state index is 0.538. The molecule has 20 heavy (non-hydrogen) atoms. The van der Waals surface area contributed by atoms with Crippen molar-refractivity contribution in [1.29, 1.82) is 0 Å². The van der Waals surface area contributed by atoms with Crippen molar-refractivity contribution in [1.82, 2.24) is 9.97 Å². The molecule has 1 aliphatic rings. The summed E-state index contributed by atoms with van der Waals surface area (Å²) in [7, 11) is 0. The second-order valence-electron chi connectivity index (χ2n) is 5.68. The molecule has 0 spiro atoms. The first-order chi connectivity index (χ1) is 9.47. The highest BCUT2D eigenvalue weighted by Crippen LogP contribution is 2.44. The smallest absolute Gasteiger partial charge is 0.162 e. The Kier molecular flexibility index (Phi) is 3.28. The van der Waals surface area contributed by atoms with Gasteiger partial charge in [-0.3, -0.25) is 0 Å².